The Balaban J connectivity index is 1.52. The van der Waals surface area contributed by atoms with E-state index < -0.39 is 0 Å². The van der Waals surface area contributed by atoms with Crippen molar-refractivity contribution in [3.8, 4) is 11.6 Å². The highest BCUT2D eigenvalue weighted by molar-refractivity contribution is 5.37. The molecule has 7 nitrogen and oxygen atoms in total. The number of aromatic amines is 1. The van der Waals surface area contributed by atoms with Crippen LogP contribution in [0.3, 0.4) is 0 Å². The van der Waals surface area contributed by atoms with Crippen molar-refractivity contribution in [2.45, 2.75) is 45.4 Å². The average molecular weight is 402 g/mol. The first-order valence-electron chi connectivity index (χ1n) is 10.8. The molecule has 29 heavy (non-hydrogen) atoms. The molecule has 7 heteroatoms. The molecule has 2 aromatic rings. The summed E-state index contributed by atoms with van der Waals surface area (Å²) in [7, 11) is 0. The van der Waals surface area contributed by atoms with E-state index in [-0.39, 0.29) is 17.0 Å². The van der Waals surface area contributed by atoms with Crippen molar-refractivity contribution in [1.82, 2.24) is 9.97 Å². The van der Waals surface area contributed by atoms with Gasteiger partial charge in [-0.1, -0.05) is 19.1 Å². The number of quaternary nitrogens is 1. The maximum absolute atomic E-state index is 12.4. The van der Waals surface area contributed by atoms with Gasteiger partial charge in [0.05, 0.1) is 31.8 Å². The first kappa shape index (κ1) is 21.2. The molecule has 0 unspecified atom stereocenters. The van der Waals surface area contributed by atoms with Crippen LogP contribution in [-0.4, -0.2) is 47.9 Å². The van der Waals surface area contributed by atoms with E-state index in [1.165, 1.54) is 32.4 Å². The van der Waals surface area contributed by atoms with Crippen molar-refractivity contribution < 1.29 is 14.7 Å². The number of anilines is 1. The minimum Gasteiger partial charge on any atom is -0.494 e. The molecule has 1 fully saturated rings. The summed E-state index contributed by atoms with van der Waals surface area (Å²) >= 11 is 0. The predicted molar refractivity (Wildman–Crippen MR) is 114 cm³/mol. The van der Waals surface area contributed by atoms with Crippen LogP contribution in [0, 0.1) is 0 Å². The number of nitrogens with zero attached hydrogens (tertiary/aromatic N) is 1. The van der Waals surface area contributed by atoms with Crippen LogP contribution >= 0.6 is 0 Å². The van der Waals surface area contributed by atoms with Gasteiger partial charge in [-0.05, 0) is 43.4 Å². The number of hydrogen-bond acceptors (Lipinski definition) is 5. The molecule has 158 valence electrons. The van der Waals surface area contributed by atoms with Crippen LogP contribution in [-0.2, 0) is 6.42 Å². The van der Waals surface area contributed by atoms with Crippen LogP contribution in [0.1, 0.15) is 50.2 Å². The number of piperidine rings is 1. The van der Waals surface area contributed by atoms with E-state index in [4.69, 9.17) is 4.74 Å². The van der Waals surface area contributed by atoms with Crippen LogP contribution in [0.5, 0.6) is 11.6 Å². The second kappa shape index (κ2) is 10.9. The second-order valence-corrected chi connectivity index (χ2v) is 7.73. The van der Waals surface area contributed by atoms with Gasteiger partial charge < -0.3 is 20.1 Å². The summed E-state index contributed by atoms with van der Waals surface area (Å²) in [5.41, 5.74) is 0.880. The number of ether oxygens (including phenoxy) is 1. The maximum atomic E-state index is 12.4. The number of aromatic nitrogens is 2. The molecule has 4 N–H and O–H groups in total. The molecule has 0 amide bonds. The van der Waals surface area contributed by atoms with Gasteiger partial charge in [-0.15, -0.1) is 0 Å². The molecule has 0 aliphatic carbocycles. The number of hydrogen-bond donors (Lipinski definition) is 4. The molecule has 1 saturated heterocycles. The predicted octanol–water partition coefficient (Wildman–Crippen LogP) is 1.73. The summed E-state index contributed by atoms with van der Waals surface area (Å²) < 4.78 is 5.57. The molecule has 1 aromatic heterocycles. The standard InChI is InChI=1S/C22H32N4O3/c1-2-15-29-18-9-7-17(8-10-18)16-19-20(27)24-22(25-21(19)28)23-11-6-14-26-12-4-3-5-13-26/h7-10H,2-6,11-16H2,1H3,(H3,23,24,25,27,28)/p+1. The van der Waals surface area contributed by atoms with Gasteiger partial charge in [0.25, 0.3) is 5.56 Å². The first-order valence-corrected chi connectivity index (χ1v) is 10.8. The number of nitrogens with one attached hydrogen (secondary N) is 3. The Morgan fingerprint density at radius 3 is 2.66 bits per heavy atom. The zero-order valence-corrected chi connectivity index (χ0v) is 17.3. The Hall–Kier alpha value is -2.54. The molecule has 0 saturated carbocycles. The van der Waals surface area contributed by atoms with Gasteiger partial charge >= 0.3 is 0 Å². The fourth-order valence-corrected chi connectivity index (χ4v) is 3.70. The molecule has 0 bridgehead atoms. The summed E-state index contributed by atoms with van der Waals surface area (Å²) in [6.07, 6.45) is 6.28. The summed E-state index contributed by atoms with van der Waals surface area (Å²) in [6.45, 7) is 7.11. The van der Waals surface area contributed by atoms with E-state index in [0.717, 1.165) is 37.2 Å². The molecule has 0 radical (unpaired) electrons. The van der Waals surface area contributed by atoms with Gasteiger partial charge in [-0.25, -0.2) is 0 Å². The lowest BCUT2D eigenvalue weighted by Gasteiger charge is -2.23. The smallest absolute Gasteiger partial charge is 0.259 e. The van der Waals surface area contributed by atoms with Gasteiger partial charge in [-0.3, -0.25) is 9.78 Å². The number of H-pyrrole nitrogens is 1. The van der Waals surface area contributed by atoms with Crippen molar-refractivity contribution in [3.63, 3.8) is 0 Å². The van der Waals surface area contributed by atoms with Crippen molar-refractivity contribution in [2.24, 2.45) is 0 Å². The van der Waals surface area contributed by atoms with Crippen molar-refractivity contribution >= 4 is 5.95 Å². The van der Waals surface area contributed by atoms with E-state index in [1.807, 2.05) is 24.3 Å². The van der Waals surface area contributed by atoms with Crippen LogP contribution < -0.4 is 20.5 Å². The van der Waals surface area contributed by atoms with Crippen LogP contribution in [0.15, 0.2) is 29.1 Å². The van der Waals surface area contributed by atoms with Gasteiger partial charge in [-0.2, -0.15) is 4.98 Å². The Kier molecular flexibility index (Phi) is 7.93. The molecule has 2 heterocycles. The average Bonchev–Trinajstić information content (AvgIpc) is 2.74. The summed E-state index contributed by atoms with van der Waals surface area (Å²) in [4.78, 5) is 21.0. The first-order chi connectivity index (χ1) is 14.2. The van der Waals surface area contributed by atoms with E-state index in [9.17, 15) is 9.90 Å². The minimum atomic E-state index is -0.312. The Bertz CT molecular complexity index is 814. The zero-order chi connectivity index (χ0) is 20.5. The van der Waals surface area contributed by atoms with Gasteiger partial charge in [0.1, 0.15) is 5.75 Å². The van der Waals surface area contributed by atoms with E-state index in [2.05, 4.69) is 22.2 Å². The quantitative estimate of drug-likeness (QED) is 0.455. The lowest BCUT2D eigenvalue weighted by molar-refractivity contribution is -0.904. The lowest BCUT2D eigenvalue weighted by atomic mass is 10.1. The van der Waals surface area contributed by atoms with Crippen LogP contribution in [0.25, 0.3) is 0 Å². The van der Waals surface area contributed by atoms with Crippen molar-refractivity contribution in [1.29, 1.82) is 0 Å². The fourth-order valence-electron chi connectivity index (χ4n) is 3.70. The van der Waals surface area contributed by atoms with E-state index in [0.29, 0.717) is 19.0 Å². The number of likely N-dealkylation sites (tertiary alicyclic amines) is 1. The molecule has 1 aromatic carbocycles. The summed E-state index contributed by atoms with van der Waals surface area (Å²) in [5, 5.41) is 13.4. The number of benzene rings is 1. The molecular weight excluding hydrogens is 368 g/mol. The molecule has 1 aliphatic rings. The van der Waals surface area contributed by atoms with E-state index in [1.54, 1.807) is 4.90 Å². The summed E-state index contributed by atoms with van der Waals surface area (Å²) in [5.74, 6) is 0.912. The third kappa shape index (κ3) is 6.49. The SMILES string of the molecule is CCCOc1ccc(Cc2c(O)nc(NCCC[NH+]3CCCCC3)[nH]c2=O)cc1. The zero-order valence-electron chi connectivity index (χ0n) is 17.3. The fraction of sp³-hybridized carbons (Fsp3) is 0.545. The molecule has 1 aliphatic heterocycles. The van der Waals surface area contributed by atoms with Crippen LogP contribution in [0.2, 0.25) is 0 Å². The van der Waals surface area contributed by atoms with Gasteiger partial charge in [0, 0.05) is 19.4 Å². The maximum Gasteiger partial charge on any atom is 0.259 e. The van der Waals surface area contributed by atoms with Crippen LogP contribution in [0.4, 0.5) is 5.95 Å². The third-order valence-electron chi connectivity index (χ3n) is 5.33. The number of aromatic hydroxyl groups is 1. The molecular formula is C22H33N4O3+. The highest BCUT2D eigenvalue weighted by atomic mass is 16.5. The molecule has 0 atom stereocenters. The molecule has 0 spiro atoms. The lowest BCUT2D eigenvalue weighted by Crippen LogP contribution is -3.12. The molecule has 3 rings (SSSR count). The van der Waals surface area contributed by atoms with Gasteiger partial charge in [0.15, 0.2) is 0 Å². The minimum absolute atomic E-state index is 0.218. The largest absolute Gasteiger partial charge is 0.494 e. The Morgan fingerprint density at radius 1 is 1.21 bits per heavy atom. The van der Waals surface area contributed by atoms with Crippen molar-refractivity contribution in [2.75, 3.05) is 38.1 Å². The van der Waals surface area contributed by atoms with Gasteiger partial charge in [0.2, 0.25) is 11.8 Å². The monoisotopic (exact) mass is 401 g/mol. The highest BCUT2D eigenvalue weighted by Gasteiger charge is 2.14. The van der Waals surface area contributed by atoms with E-state index >= 15 is 0 Å². The van der Waals surface area contributed by atoms with Crippen molar-refractivity contribution in [3.05, 3.63) is 45.7 Å². The topological polar surface area (TPSA) is 91.7 Å². The normalized spacial score (nSPS) is 14.7. The second-order valence-electron chi connectivity index (χ2n) is 7.73. The highest BCUT2D eigenvalue weighted by Crippen LogP contribution is 2.18. The summed E-state index contributed by atoms with van der Waals surface area (Å²) in [6, 6.07) is 7.56. The number of rotatable bonds is 10. The Labute approximate surface area is 172 Å². The Morgan fingerprint density at radius 2 is 1.97 bits per heavy atom. The third-order valence-corrected chi connectivity index (χ3v) is 5.33.